The molecule has 1 atom stereocenters. The van der Waals surface area contributed by atoms with Crippen molar-refractivity contribution < 1.29 is 9.59 Å². The van der Waals surface area contributed by atoms with Gasteiger partial charge in [-0.1, -0.05) is 66.7 Å². The summed E-state index contributed by atoms with van der Waals surface area (Å²) in [4.78, 5) is 31.8. The maximum Gasteiger partial charge on any atom is 0.242 e. The summed E-state index contributed by atoms with van der Waals surface area (Å²) < 4.78 is 0. The molecule has 1 N–H and O–H groups in total. The van der Waals surface area contributed by atoms with E-state index in [1.807, 2.05) is 78.9 Å². The molecule has 1 aromatic heterocycles. The quantitative estimate of drug-likeness (QED) is 0.594. The van der Waals surface area contributed by atoms with Crippen LogP contribution < -0.4 is 5.32 Å². The smallest absolute Gasteiger partial charge is 0.242 e. The van der Waals surface area contributed by atoms with Gasteiger partial charge in [-0.25, -0.2) is 0 Å². The van der Waals surface area contributed by atoms with Crippen LogP contribution in [0.15, 0.2) is 85.1 Å². The average molecular weight is 402 g/mol. The molecule has 0 spiro atoms. The number of amides is 2. The van der Waals surface area contributed by atoms with Gasteiger partial charge in [-0.05, 0) is 36.6 Å². The first-order valence-corrected chi connectivity index (χ1v) is 10.2. The fourth-order valence-electron chi connectivity index (χ4n) is 3.23. The molecular weight excluding hydrogens is 374 g/mol. The van der Waals surface area contributed by atoms with E-state index in [0.717, 1.165) is 16.8 Å². The first-order chi connectivity index (χ1) is 14.6. The van der Waals surface area contributed by atoms with Gasteiger partial charge in [0.15, 0.2) is 0 Å². The van der Waals surface area contributed by atoms with Crippen molar-refractivity contribution in [1.82, 2.24) is 15.2 Å². The second-order valence-electron chi connectivity index (χ2n) is 7.21. The summed E-state index contributed by atoms with van der Waals surface area (Å²) in [6.45, 7) is 2.51. The Labute approximate surface area is 177 Å². The minimum Gasteiger partial charge on any atom is -0.349 e. The largest absolute Gasteiger partial charge is 0.349 e. The number of carbonyl (C=O) groups is 2. The molecule has 3 aromatic rings. The standard InChI is InChI=1S/C25H27N3O2/c1-20(25(30)27-18-23-14-8-9-17-26-23)28(19-22-12-6-3-7-13-22)24(29)16-15-21-10-4-2-5-11-21/h2-14,17,20H,15-16,18-19H2,1H3,(H,27,30)/t20-/m1/s1. The maximum absolute atomic E-state index is 13.1. The number of benzene rings is 2. The number of nitrogens with zero attached hydrogens (tertiary/aromatic N) is 2. The van der Waals surface area contributed by atoms with Crippen molar-refractivity contribution in [3.63, 3.8) is 0 Å². The van der Waals surface area contributed by atoms with Crippen LogP contribution in [-0.2, 0) is 29.1 Å². The number of carbonyl (C=O) groups excluding carboxylic acids is 2. The van der Waals surface area contributed by atoms with E-state index in [-0.39, 0.29) is 11.8 Å². The average Bonchev–Trinajstić information content (AvgIpc) is 2.81. The third kappa shape index (κ3) is 6.27. The summed E-state index contributed by atoms with van der Waals surface area (Å²) in [7, 11) is 0. The maximum atomic E-state index is 13.1. The van der Waals surface area contributed by atoms with E-state index in [4.69, 9.17) is 0 Å². The van der Waals surface area contributed by atoms with Gasteiger partial charge in [0.05, 0.1) is 12.2 Å². The van der Waals surface area contributed by atoms with E-state index in [1.165, 1.54) is 0 Å². The molecule has 154 valence electrons. The molecule has 2 aromatic carbocycles. The van der Waals surface area contributed by atoms with Gasteiger partial charge in [-0.15, -0.1) is 0 Å². The lowest BCUT2D eigenvalue weighted by molar-refractivity contribution is -0.140. The Morgan fingerprint density at radius 2 is 1.53 bits per heavy atom. The number of rotatable bonds is 9. The fourth-order valence-corrected chi connectivity index (χ4v) is 3.23. The third-order valence-corrected chi connectivity index (χ3v) is 5.00. The number of nitrogens with one attached hydrogen (secondary N) is 1. The van der Waals surface area contributed by atoms with Crippen LogP contribution in [-0.4, -0.2) is 27.7 Å². The van der Waals surface area contributed by atoms with Gasteiger partial charge in [-0.2, -0.15) is 0 Å². The van der Waals surface area contributed by atoms with Crippen LogP contribution >= 0.6 is 0 Å². The molecule has 0 unspecified atom stereocenters. The Morgan fingerprint density at radius 1 is 0.900 bits per heavy atom. The number of aryl methyl sites for hydroxylation is 1. The minimum atomic E-state index is -0.586. The van der Waals surface area contributed by atoms with Crippen LogP contribution in [0.5, 0.6) is 0 Å². The lowest BCUT2D eigenvalue weighted by atomic mass is 10.1. The van der Waals surface area contributed by atoms with Crippen LogP contribution in [0.4, 0.5) is 0 Å². The summed E-state index contributed by atoms with van der Waals surface area (Å²) >= 11 is 0. The number of hydrogen-bond donors (Lipinski definition) is 1. The van der Waals surface area contributed by atoms with Crippen LogP contribution in [0.2, 0.25) is 0 Å². The topological polar surface area (TPSA) is 62.3 Å². The van der Waals surface area contributed by atoms with E-state index >= 15 is 0 Å². The SMILES string of the molecule is C[C@H](C(=O)NCc1ccccn1)N(Cc1ccccc1)C(=O)CCc1ccccc1. The molecule has 0 aliphatic heterocycles. The normalized spacial score (nSPS) is 11.5. The Bertz CT molecular complexity index is 930. The summed E-state index contributed by atoms with van der Waals surface area (Å²) in [5, 5.41) is 2.90. The van der Waals surface area contributed by atoms with E-state index < -0.39 is 6.04 Å². The van der Waals surface area contributed by atoms with Gasteiger partial charge >= 0.3 is 0 Å². The van der Waals surface area contributed by atoms with Crippen LogP contribution in [0.1, 0.15) is 30.2 Å². The molecule has 2 amide bonds. The highest BCUT2D eigenvalue weighted by Crippen LogP contribution is 2.13. The molecule has 0 saturated heterocycles. The van der Waals surface area contributed by atoms with Crippen molar-refractivity contribution in [2.75, 3.05) is 0 Å². The monoisotopic (exact) mass is 401 g/mol. The molecule has 0 saturated carbocycles. The van der Waals surface area contributed by atoms with Crippen LogP contribution in [0.3, 0.4) is 0 Å². The summed E-state index contributed by atoms with van der Waals surface area (Å²) in [5.41, 5.74) is 2.88. The molecule has 30 heavy (non-hydrogen) atoms. The van der Waals surface area contributed by atoms with Crippen molar-refractivity contribution >= 4 is 11.8 Å². The zero-order valence-corrected chi connectivity index (χ0v) is 17.2. The summed E-state index contributed by atoms with van der Waals surface area (Å²) in [6.07, 6.45) is 2.70. The predicted octanol–water partition coefficient (Wildman–Crippen LogP) is 3.75. The zero-order chi connectivity index (χ0) is 21.2. The van der Waals surface area contributed by atoms with Gasteiger partial charge < -0.3 is 10.2 Å². The molecule has 3 rings (SSSR count). The van der Waals surface area contributed by atoms with Crippen molar-refractivity contribution in [3.8, 4) is 0 Å². The number of hydrogen-bond acceptors (Lipinski definition) is 3. The fraction of sp³-hybridized carbons (Fsp3) is 0.240. The molecule has 0 bridgehead atoms. The van der Waals surface area contributed by atoms with Gasteiger partial charge in [0, 0.05) is 19.2 Å². The van der Waals surface area contributed by atoms with Crippen molar-refractivity contribution in [2.24, 2.45) is 0 Å². The summed E-state index contributed by atoms with van der Waals surface area (Å²) in [6, 6.07) is 24.7. The van der Waals surface area contributed by atoms with Crippen LogP contribution in [0.25, 0.3) is 0 Å². The van der Waals surface area contributed by atoms with Crippen molar-refractivity contribution in [1.29, 1.82) is 0 Å². The van der Waals surface area contributed by atoms with Gasteiger partial charge in [-0.3, -0.25) is 14.6 Å². The molecule has 5 nitrogen and oxygen atoms in total. The van der Waals surface area contributed by atoms with Crippen molar-refractivity contribution in [3.05, 3.63) is 102 Å². The second kappa shape index (κ2) is 10.9. The molecule has 1 heterocycles. The van der Waals surface area contributed by atoms with E-state index in [9.17, 15) is 9.59 Å². The van der Waals surface area contributed by atoms with Gasteiger partial charge in [0.25, 0.3) is 0 Å². The molecule has 0 aliphatic carbocycles. The number of aromatic nitrogens is 1. The van der Waals surface area contributed by atoms with E-state index in [1.54, 1.807) is 18.0 Å². The molecular formula is C25H27N3O2. The van der Waals surface area contributed by atoms with Crippen LogP contribution in [0, 0.1) is 0 Å². The lowest BCUT2D eigenvalue weighted by Crippen LogP contribution is -2.47. The highest BCUT2D eigenvalue weighted by Gasteiger charge is 2.25. The zero-order valence-electron chi connectivity index (χ0n) is 17.2. The second-order valence-corrected chi connectivity index (χ2v) is 7.21. The highest BCUT2D eigenvalue weighted by atomic mass is 16.2. The van der Waals surface area contributed by atoms with Gasteiger partial charge in [0.1, 0.15) is 6.04 Å². The Morgan fingerprint density at radius 3 is 2.17 bits per heavy atom. The Kier molecular flexibility index (Phi) is 7.72. The number of pyridine rings is 1. The van der Waals surface area contributed by atoms with Gasteiger partial charge in [0.2, 0.25) is 11.8 Å². The van der Waals surface area contributed by atoms with Crippen molar-refractivity contribution in [2.45, 2.75) is 38.9 Å². The first-order valence-electron chi connectivity index (χ1n) is 10.2. The first kappa shape index (κ1) is 21.2. The molecule has 0 radical (unpaired) electrons. The molecule has 5 heteroatoms. The summed E-state index contributed by atoms with van der Waals surface area (Å²) in [5.74, 6) is -0.229. The predicted molar refractivity (Wildman–Crippen MR) is 117 cm³/mol. The lowest BCUT2D eigenvalue weighted by Gasteiger charge is -2.29. The van der Waals surface area contributed by atoms with E-state index in [2.05, 4.69) is 10.3 Å². The Hall–Kier alpha value is -3.47. The molecule has 0 fully saturated rings. The highest BCUT2D eigenvalue weighted by molar-refractivity contribution is 5.87. The Balaban J connectivity index is 1.67. The third-order valence-electron chi connectivity index (χ3n) is 5.00. The van der Waals surface area contributed by atoms with E-state index in [0.29, 0.717) is 25.9 Å². The minimum absolute atomic E-state index is 0.0387. The molecule has 0 aliphatic rings.